The van der Waals surface area contributed by atoms with Gasteiger partial charge >= 0.3 is 0 Å². The van der Waals surface area contributed by atoms with Gasteiger partial charge in [0.2, 0.25) is 5.91 Å². The number of likely N-dealkylation sites (tertiary alicyclic amines) is 2. The van der Waals surface area contributed by atoms with Crippen molar-refractivity contribution in [2.24, 2.45) is 11.8 Å². The minimum absolute atomic E-state index is 0.108. The van der Waals surface area contributed by atoms with Crippen molar-refractivity contribution in [3.8, 4) is 11.5 Å². The number of amides is 1. The molecule has 1 aliphatic carbocycles. The number of carbonyl (C=O) groups excluding carboxylic acids is 1. The Morgan fingerprint density at radius 3 is 2.44 bits per heavy atom. The smallest absolute Gasteiger partial charge is 0.290 e. The molecule has 8 nitrogen and oxygen atoms in total. The molecule has 1 amide bonds. The Morgan fingerprint density at radius 1 is 1.22 bits per heavy atom. The van der Waals surface area contributed by atoms with Gasteiger partial charge in [-0.05, 0) is 56.7 Å². The molecule has 1 aromatic carbocycles. The maximum atomic E-state index is 11.7. The standard InChI is InChI=1S/C22H31ClN2O4.CH2O2/c1-14(26)25-11-15-7-20(27)22(8-16(15)12-25)29-17-9-19(23)18(21(10-17)28-2)13-24-5-3-4-6-24;2-1-3/h9-10,15-16,20,22,27H,3-8,11-13H2,1-2H3;1H,(H,2,3)/t15-,16+,20+,22+;/m0./s1. The van der Waals surface area contributed by atoms with Crippen LogP contribution in [-0.2, 0) is 16.1 Å². The Balaban J connectivity index is 0.000000913. The SMILES string of the molecule is COc1cc(O[C@@H]2C[C@@H]3CN(C(C)=O)C[C@@H]3C[C@H]2O)cc(Cl)c1CN1CCCC1.O=CO. The lowest BCUT2D eigenvalue weighted by atomic mass is 9.78. The van der Waals surface area contributed by atoms with Gasteiger partial charge in [0, 0.05) is 38.2 Å². The molecule has 2 heterocycles. The second-order valence-electron chi connectivity index (χ2n) is 8.81. The summed E-state index contributed by atoms with van der Waals surface area (Å²) < 4.78 is 11.8. The van der Waals surface area contributed by atoms with Crippen molar-refractivity contribution in [2.45, 2.75) is 51.4 Å². The van der Waals surface area contributed by atoms with E-state index in [0.29, 0.717) is 29.0 Å². The zero-order valence-electron chi connectivity index (χ0n) is 18.7. The highest BCUT2D eigenvalue weighted by molar-refractivity contribution is 6.31. The van der Waals surface area contributed by atoms with E-state index in [1.165, 1.54) is 12.8 Å². The van der Waals surface area contributed by atoms with E-state index in [1.807, 2.05) is 17.0 Å². The summed E-state index contributed by atoms with van der Waals surface area (Å²) in [6.45, 7) is 5.82. The van der Waals surface area contributed by atoms with E-state index in [9.17, 15) is 9.90 Å². The molecule has 0 radical (unpaired) electrons. The van der Waals surface area contributed by atoms with Crippen LogP contribution in [0.1, 0.15) is 38.2 Å². The molecule has 9 heteroatoms. The largest absolute Gasteiger partial charge is 0.496 e. The molecule has 2 N–H and O–H groups in total. The summed E-state index contributed by atoms with van der Waals surface area (Å²) in [6.07, 6.45) is 3.02. The van der Waals surface area contributed by atoms with Gasteiger partial charge in [0.1, 0.15) is 17.6 Å². The number of ether oxygens (including phenoxy) is 2. The van der Waals surface area contributed by atoms with Crippen LogP contribution in [0.25, 0.3) is 0 Å². The summed E-state index contributed by atoms with van der Waals surface area (Å²) in [7, 11) is 1.65. The molecular weight excluding hydrogens is 436 g/mol. The molecule has 1 saturated carbocycles. The number of aliphatic hydroxyl groups is 1. The molecule has 0 spiro atoms. The lowest BCUT2D eigenvalue weighted by Gasteiger charge is -2.35. The topological polar surface area (TPSA) is 99.5 Å². The lowest BCUT2D eigenvalue weighted by molar-refractivity contribution is -0.128. The fraction of sp³-hybridized carbons (Fsp3) is 0.652. The molecular formula is C23H33ClN2O6. The number of methoxy groups -OCH3 is 1. The second kappa shape index (κ2) is 11.2. The van der Waals surface area contributed by atoms with Gasteiger partial charge in [0.15, 0.2) is 0 Å². The van der Waals surface area contributed by atoms with Crippen LogP contribution in [0, 0.1) is 11.8 Å². The number of carbonyl (C=O) groups is 2. The van der Waals surface area contributed by atoms with Gasteiger partial charge in [-0.3, -0.25) is 14.5 Å². The molecule has 1 aromatic rings. The van der Waals surface area contributed by atoms with Gasteiger partial charge in [-0.25, -0.2) is 0 Å². The van der Waals surface area contributed by atoms with Crippen LogP contribution in [0.15, 0.2) is 12.1 Å². The van der Waals surface area contributed by atoms with Crippen molar-refractivity contribution >= 4 is 24.0 Å². The summed E-state index contributed by atoms with van der Waals surface area (Å²) in [6, 6.07) is 3.72. The highest BCUT2D eigenvalue weighted by atomic mass is 35.5. The number of halogens is 1. The van der Waals surface area contributed by atoms with Gasteiger partial charge in [-0.2, -0.15) is 0 Å². The molecule has 2 aliphatic heterocycles. The van der Waals surface area contributed by atoms with Crippen LogP contribution in [0.5, 0.6) is 11.5 Å². The summed E-state index contributed by atoms with van der Waals surface area (Å²) in [4.78, 5) is 24.3. The lowest BCUT2D eigenvalue weighted by Crippen LogP contribution is -2.42. The van der Waals surface area contributed by atoms with Crippen LogP contribution >= 0.6 is 11.6 Å². The van der Waals surface area contributed by atoms with E-state index in [2.05, 4.69) is 4.90 Å². The number of nitrogens with zero attached hydrogens (tertiary/aromatic N) is 2. The normalized spacial score (nSPS) is 27.3. The third-order valence-electron chi connectivity index (χ3n) is 6.75. The van der Waals surface area contributed by atoms with Crippen LogP contribution in [-0.4, -0.2) is 77.9 Å². The Labute approximate surface area is 194 Å². The Hall–Kier alpha value is -2.03. The van der Waals surface area contributed by atoms with Gasteiger partial charge in [-0.15, -0.1) is 0 Å². The molecule has 0 unspecified atom stereocenters. The van der Waals surface area contributed by atoms with Gasteiger partial charge in [-0.1, -0.05) is 11.6 Å². The average molecular weight is 469 g/mol. The zero-order chi connectivity index (χ0) is 23.3. The first kappa shape index (κ1) is 24.6. The maximum Gasteiger partial charge on any atom is 0.290 e. The maximum absolute atomic E-state index is 11.7. The first-order valence-electron chi connectivity index (χ1n) is 11.1. The molecule has 2 saturated heterocycles. The van der Waals surface area contributed by atoms with Crippen molar-refractivity contribution in [1.29, 1.82) is 0 Å². The molecule has 4 atom stereocenters. The summed E-state index contributed by atoms with van der Waals surface area (Å²) in [5.74, 6) is 2.19. The molecule has 0 aromatic heterocycles. The second-order valence-corrected chi connectivity index (χ2v) is 9.22. The van der Waals surface area contributed by atoms with Crippen LogP contribution in [0.2, 0.25) is 5.02 Å². The molecule has 4 rings (SSSR count). The number of hydrogen-bond donors (Lipinski definition) is 2. The molecule has 0 bridgehead atoms. The first-order chi connectivity index (χ1) is 15.4. The number of rotatable bonds is 5. The Morgan fingerprint density at radius 2 is 1.84 bits per heavy atom. The van der Waals surface area contributed by atoms with Crippen LogP contribution in [0.3, 0.4) is 0 Å². The number of aliphatic hydroxyl groups excluding tert-OH is 1. The van der Waals surface area contributed by atoms with Crippen LogP contribution in [0.4, 0.5) is 0 Å². The van der Waals surface area contributed by atoms with Crippen molar-refractivity contribution in [3.05, 3.63) is 22.7 Å². The Bertz CT molecular complexity index is 801. The highest BCUT2D eigenvalue weighted by Crippen LogP contribution is 2.40. The molecule has 3 aliphatic rings. The summed E-state index contributed by atoms with van der Waals surface area (Å²) in [5, 5.41) is 18.2. The van der Waals surface area contributed by atoms with E-state index >= 15 is 0 Å². The van der Waals surface area contributed by atoms with Crippen molar-refractivity contribution in [2.75, 3.05) is 33.3 Å². The summed E-state index contributed by atoms with van der Waals surface area (Å²) >= 11 is 6.60. The predicted octanol–water partition coefficient (Wildman–Crippen LogP) is 2.64. The third-order valence-corrected chi connectivity index (χ3v) is 7.08. The van der Waals surface area contributed by atoms with Gasteiger partial charge in [0.05, 0.1) is 18.2 Å². The van der Waals surface area contributed by atoms with Crippen molar-refractivity contribution < 1.29 is 29.3 Å². The molecule has 3 fully saturated rings. The van der Waals surface area contributed by atoms with E-state index in [-0.39, 0.29) is 18.5 Å². The predicted molar refractivity (Wildman–Crippen MR) is 120 cm³/mol. The number of carboxylic acid groups (broad SMARTS) is 1. The minimum atomic E-state index is -0.544. The number of hydrogen-bond acceptors (Lipinski definition) is 6. The summed E-state index contributed by atoms with van der Waals surface area (Å²) in [5.41, 5.74) is 0.987. The van der Waals surface area contributed by atoms with E-state index in [1.54, 1.807) is 14.0 Å². The van der Waals surface area contributed by atoms with Crippen LogP contribution < -0.4 is 9.47 Å². The number of benzene rings is 1. The minimum Gasteiger partial charge on any atom is -0.496 e. The molecule has 32 heavy (non-hydrogen) atoms. The van der Waals surface area contributed by atoms with Crippen molar-refractivity contribution in [3.63, 3.8) is 0 Å². The first-order valence-corrected chi connectivity index (χ1v) is 11.5. The fourth-order valence-corrected chi connectivity index (χ4v) is 5.36. The molecule has 178 valence electrons. The zero-order valence-corrected chi connectivity index (χ0v) is 19.5. The fourth-order valence-electron chi connectivity index (χ4n) is 5.10. The van der Waals surface area contributed by atoms with E-state index in [0.717, 1.165) is 50.5 Å². The van der Waals surface area contributed by atoms with Gasteiger partial charge in [0.25, 0.3) is 6.47 Å². The van der Waals surface area contributed by atoms with Crippen molar-refractivity contribution in [1.82, 2.24) is 9.80 Å². The third kappa shape index (κ3) is 5.85. The quantitative estimate of drug-likeness (QED) is 0.641. The number of fused-ring (bicyclic) bond motifs is 1. The van der Waals surface area contributed by atoms with E-state index in [4.69, 9.17) is 31.0 Å². The highest BCUT2D eigenvalue weighted by Gasteiger charge is 2.43. The Kier molecular flexibility index (Phi) is 8.62. The van der Waals surface area contributed by atoms with Gasteiger partial charge < -0.3 is 24.6 Å². The van der Waals surface area contributed by atoms with E-state index < -0.39 is 6.10 Å². The monoisotopic (exact) mass is 468 g/mol. The average Bonchev–Trinajstić information content (AvgIpc) is 3.40.